The van der Waals surface area contributed by atoms with Gasteiger partial charge in [0.1, 0.15) is 11.9 Å². The number of nitrogens with zero attached hydrogens (tertiary/aromatic N) is 3. The van der Waals surface area contributed by atoms with Gasteiger partial charge in [0.05, 0.1) is 30.9 Å². The van der Waals surface area contributed by atoms with Crippen molar-refractivity contribution in [1.82, 2.24) is 4.90 Å². The van der Waals surface area contributed by atoms with Crippen LogP contribution in [-0.2, 0) is 6.54 Å². The molecule has 6 heteroatoms. The Balaban J connectivity index is 1.70. The second kappa shape index (κ2) is 8.97. The molecule has 0 radical (unpaired) electrons. The number of hydrogen-bond donors (Lipinski definition) is 1. The smallest absolute Gasteiger partial charge is 0.258 e. The number of carbonyl (C=O) groups is 1. The SMILES string of the molecule is CCN(CCC#N)c1ccc([C@H]2Nc3ccccc3C(=O)N2Cc2ccco2)c(C)c1. The number of hydrogen-bond acceptors (Lipinski definition) is 5. The quantitative estimate of drug-likeness (QED) is 0.583. The fraction of sp³-hybridized carbons (Fsp3) is 0.280. The number of furan rings is 1. The summed E-state index contributed by atoms with van der Waals surface area (Å²) in [4.78, 5) is 17.4. The van der Waals surface area contributed by atoms with Gasteiger partial charge in [-0.1, -0.05) is 18.2 Å². The van der Waals surface area contributed by atoms with Gasteiger partial charge in [0.2, 0.25) is 0 Å². The molecule has 2 aromatic carbocycles. The number of carbonyl (C=O) groups excluding carboxylic acids is 1. The van der Waals surface area contributed by atoms with Crippen LogP contribution in [0.3, 0.4) is 0 Å². The maximum Gasteiger partial charge on any atom is 0.258 e. The Morgan fingerprint density at radius 2 is 2.03 bits per heavy atom. The fourth-order valence-electron chi connectivity index (χ4n) is 4.09. The van der Waals surface area contributed by atoms with E-state index in [1.54, 1.807) is 6.26 Å². The van der Waals surface area contributed by atoms with E-state index in [4.69, 9.17) is 9.68 Å². The Labute approximate surface area is 182 Å². The third-order valence-corrected chi connectivity index (χ3v) is 5.72. The maximum absolute atomic E-state index is 13.4. The fourth-order valence-corrected chi connectivity index (χ4v) is 4.09. The van der Waals surface area contributed by atoms with Crippen molar-refractivity contribution >= 4 is 17.3 Å². The third kappa shape index (κ3) is 4.13. The molecule has 0 aliphatic carbocycles. The van der Waals surface area contributed by atoms with Crippen molar-refractivity contribution < 1.29 is 9.21 Å². The summed E-state index contributed by atoms with van der Waals surface area (Å²) in [5.41, 5.74) is 4.70. The highest BCUT2D eigenvalue weighted by Gasteiger charge is 2.34. The number of amides is 1. The topological polar surface area (TPSA) is 72.5 Å². The van der Waals surface area contributed by atoms with Gasteiger partial charge in [0, 0.05) is 24.5 Å². The van der Waals surface area contributed by atoms with Gasteiger partial charge < -0.3 is 19.5 Å². The van der Waals surface area contributed by atoms with E-state index in [-0.39, 0.29) is 12.1 Å². The van der Waals surface area contributed by atoms with E-state index in [1.807, 2.05) is 41.3 Å². The van der Waals surface area contributed by atoms with Crippen LogP contribution in [0.4, 0.5) is 11.4 Å². The average Bonchev–Trinajstić information content (AvgIpc) is 3.30. The minimum absolute atomic E-state index is 0.0246. The Morgan fingerprint density at radius 3 is 2.74 bits per heavy atom. The molecule has 3 aromatic rings. The van der Waals surface area contributed by atoms with E-state index in [2.05, 4.69) is 48.3 Å². The largest absolute Gasteiger partial charge is 0.467 e. The number of anilines is 2. The lowest BCUT2D eigenvalue weighted by Gasteiger charge is -2.38. The minimum Gasteiger partial charge on any atom is -0.467 e. The van der Waals surface area contributed by atoms with Crippen LogP contribution in [0.1, 0.15) is 46.8 Å². The molecule has 31 heavy (non-hydrogen) atoms. The second-order valence-electron chi connectivity index (χ2n) is 7.63. The molecule has 158 valence electrons. The number of nitrogens with one attached hydrogen (secondary N) is 1. The highest BCUT2D eigenvalue weighted by atomic mass is 16.3. The van der Waals surface area contributed by atoms with E-state index in [0.29, 0.717) is 25.1 Å². The molecular weight excluding hydrogens is 388 g/mol. The highest BCUT2D eigenvalue weighted by molar-refractivity contribution is 6.01. The van der Waals surface area contributed by atoms with Crippen LogP contribution in [-0.4, -0.2) is 23.9 Å². The van der Waals surface area contributed by atoms with Gasteiger partial charge in [-0.2, -0.15) is 5.26 Å². The molecule has 2 heterocycles. The van der Waals surface area contributed by atoms with Gasteiger partial charge in [0.25, 0.3) is 5.91 Å². The number of nitriles is 1. The van der Waals surface area contributed by atoms with E-state index in [1.165, 1.54) is 0 Å². The van der Waals surface area contributed by atoms with E-state index < -0.39 is 0 Å². The summed E-state index contributed by atoms with van der Waals surface area (Å²) in [7, 11) is 0. The lowest BCUT2D eigenvalue weighted by atomic mass is 9.99. The molecule has 0 spiro atoms. The van der Waals surface area contributed by atoms with Crippen LogP contribution < -0.4 is 10.2 Å². The van der Waals surface area contributed by atoms with Gasteiger partial charge in [-0.05, 0) is 61.4 Å². The molecule has 1 amide bonds. The molecule has 0 fully saturated rings. The Hall–Kier alpha value is -3.72. The number of rotatable bonds is 7. The van der Waals surface area contributed by atoms with Crippen LogP contribution in [0.2, 0.25) is 0 Å². The first-order valence-corrected chi connectivity index (χ1v) is 10.5. The molecule has 1 aliphatic rings. The predicted octanol–water partition coefficient (Wildman–Crippen LogP) is 5.09. The molecule has 1 atom stereocenters. The summed E-state index contributed by atoms with van der Waals surface area (Å²) in [6.45, 7) is 6.06. The molecular formula is C25H26N4O2. The maximum atomic E-state index is 13.4. The van der Waals surface area contributed by atoms with E-state index in [0.717, 1.165) is 34.8 Å². The van der Waals surface area contributed by atoms with Gasteiger partial charge in [-0.25, -0.2) is 0 Å². The third-order valence-electron chi connectivity index (χ3n) is 5.72. The van der Waals surface area contributed by atoms with Crippen LogP contribution in [0.25, 0.3) is 0 Å². The first kappa shape index (κ1) is 20.5. The van der Waals surface area contributed by atoms with Gasteiger partial charge in [-0.15, -0.1) is 0 Å². The van der Waals surface area contributed by atoms with Crippen molar-refractivity contribution in [3.8, 4) is 6.07 Å². The summed E-state index contributed by atoms with van der Waals surface area (Å²) in [5, 5.41) is 12.5. The zero-order valence-electron chi connectivity index (χ0n) is 17.8. The normalized spacial score (nSPS) is 15.2. The number of para-hydroxylation sites is 1. The molecule has 0 saturated heterocycles. The zero-order chi connectivity index (χ0) is 21.8. The second-order valence-corrected chi connectivity index (χ2v) is 7.63. The molecule has 0 unspecified atom stereocenters. The van der Waals surface area contributed by atoms with Crippen molar-refractivity contribution in [1.29, 1.82) is 5.26 Å². The highest BCUT2D eigenvalue weighted by Crippen LogP contribution is 2.36. The summed E-state index contributed by atoms with van der Waals surface area (Å²) >= 11 is 0. The lowest BCUT2D eigenvalue weighted by Crippen LogP contribution is -2.42. The molecule has 4 rings (SSSR count). The van der Waals surface area contributed by atoms with Crippen molar-refractivity contribution in [3.05, 3.63) is 83.3 Å². The van der Waals surface area contributed by atoms with Crippen LogP contribution in [0, 0.1) is 18.3 Å². The summed E-state index contributed by atoms with van der Waals surface area (Å²) < 4.78 is 5.53. The predicted molar refractivity (Wildman–Crippen MR) is 121 cm³/mol. The van der Waals surface area contributed by atoms with Gasteiger partial charge in [0.15, 0.2) is 0 Å². The monoisotopic (exact) mass is 414 g/mol. The van der Waals surface area contributed by atoms with E-state index in [9.17, 15) is 4.79 Å². The van der Waals surface area contributed by atoms with Crippen molar-refractivity contribution in [2.45, 2.75) is 33.0 Å². The van der Waals surface area contributed by atoms with Gasteiger partial charge in [-0.3, -0.25) is 4.79 Å². The molecule has 1 N–H and O–H groups in total. The Bertz CT molecular complexity index is 1100. The zero-order valence-corrected chi connectivity index (χ0v) is 17.8. The Morgan fingerprint density at radius 1 is 1.19 bits per heavy atom. The minimum atomic E-state index is -0.310. The van der Waals surface area contributed by atoms with Crippen molar-refractivity contribution in [3.63, 3.8) is 0 Å². The molecule has 1 aliphatic heterocycles. The van der Waals surface area contributed by atoms with Crippen LogP contribution in [0.15, 0.2) is 65.3 Å². The summed E-state index contributed by atoms with van der Waals surface area (Å²) in [5.74, 6) is 0.714. The molecule has 6 nitrogen and oxygen atoms in total. The first-order chi connectivity index (χ1) is 15.1. The molecule has 0 saturated carbocycles. The van der Waals surface area contributed by atoms with Gasteiger partial charge >= 0.3 is 0 Å². The van der Waals surface area contributed by atoms with Crippen molar-refractivity contribution in [2.75, 3.05) is 23.3 Å². The number of fused-ring (bicyclic) bond motifs is 1. The molecule has 0 bridgehead atoms. The van der Waals surface area contributed by atoms with Crippen molar-refractivity contribution in [2.24, 2.45) is 0 Å². The van der Waals surface area contributed by atoms with Crippen LogP contribution >= 0.6 is 0 Å². The number of benzene rings is 2. The van der Waals surface area contributed by atoms with Crippen LogP contribution in [0.5, 0.6) is 0 Å². The standard InChI is InChI=1S/C25H26N4O2/c1-3-28(14-7-13-26)19-11-12-21(18(2)16-19)24-27-23-10-5-4-9-22(23)25(30)29(24)17-20-8-6-15-31-20/h4-6,8-12,15-16,24,27H,3,7,14,17H2,1-2H3/t24-/m0/s1. The van der Waals surface area contributed by atoms with E-state index >= 15 is 0 Å². The average molecular weight is 415 g/mol. The Kier molecular flexibility index (Phi) is 5.94. The summed E-state index contributed by atoms with van der Waals surface area (Å²) in [6, 6.07) is 19.8. The number of aryl methyl sites for hydroxylation is 1. The first-order valence-electron chi connectivity index (χ1n) is 10.5. The summed E-state index contributed by atoms with van der Waals surface area (Å²) in [6.07, 6.45) is 1.80. The molecule has 1 aromatic heterocycles. The lowest BCUT2D eigenvalue weighted by molar-refractivity contribution is 0.0651.